The molecule has 1 spiro atoms. The van der Waals surface area contributed by atoms with Gasteiger partial charge in [-0.05, 0) is 0 Å². The molecule has 5 nitrogen and oxygen atoms in total. The van der Waals surface area contributed by atoms with Crippen molar-refractivity contribution in [3.8, 4) is 0 Å². The number of hydrogen-bond donors (Lipinski definition) is 1. The van der Waals surface area contributed by atoms with Crippen molar-refractivity contribution in [2.24, 2.45) is 0 Å². The van der Waals surface area contributed by atoms with E-state index in [1.54, 1.807) is 0 Å². The normalized spacial score (nSPS) is 29.1. The second kappa shape index (κ2) is 4.15. The van der Waals surface area contributed by atoms with Crippen LogP contribution in [0.3, 0.4) is 0 Å². The fourth-order valence-corrected chi connectivity index (χ4v) is 6.82. The van der Waals surface area contributed by atoms with Crippen molar-refractivity contribution in [3.63, 3.8) is 0 Å². The first-order valence-electron chi connectivity index (χ1n) is 6.25. The van der Waals surface area contributed by atoms with Gasteiger partial charge in [-0.15, -0.1) is 0 Å². The van der Waals surface area contributed by atoms with Gasteiger partial charge in [0.25, 0.3) is 0 Å². The Morgan fingerprint density at radius 3 is 2.00 bits per heavy atom. The second-order valence-electron chi connectivity index (χ2n) is 4.78. The summed E-state index contributed by atoms with van der Waals surface area (Å²) in [7, 11) is 1.11. The van der Waals surface area contributed by atoms with E-state index in [9.17, 15) is 0 Å². The first kappa shape index (κ1) is 12.3. The number of nitrogens with zero attached hydrogens (tertiary/aromatic N) is 2. The molecule has 0 radical (unpaired) electrons. The van der Waals surface area contributed by atoms with Crippen LogP contribution >= 0.6 is 7.51 Å². The van der Waals surface area contributed by atoms with Crippen molar-refractivity contribution >= 4 is 13.2 Å². The Hall–Kier alpha value is -0.710. The van der Waals surface area contributed by atoms with E-state index in [0.29, 0.717) is 13.2 Å². The molecule has 0 bridgehead atoms. The van der Waals surface area contributed by atoms with Gasteiger partial charge in [-0.3, -0.25) is 0 Å². The number of hydrogen-bond acceptors (Lipinski definition) is 5. The van der Waals surface area contributed by atoms with Crippen LogP contribution in [0.2, 0.25) is 0 Å². The van der Waals surface area contributed by atoms with Crippen LogP contribution in [0.25, 0.3) is 0 Å². The summed E-state index contributed by atoms with van der Waals surface area (Å²) in [4.78, 5) is 0. The molecule has 1 N–H and O–H groups in total. The molecule has 18 heavy (non-hydrogen) atoms. The van der Waals surface area contributed by atoms with E-state index in [4.69, 9.17) is 9.05 Å². The second-order valence-corrected chi connectivity index (χ2v) is 8.63. The van der Waals surface area contributed by atoms with Gasteiger partial charge in [-0.1, -0.05) is 0 Å². The predicted molar refractivity (Wildman–Crippen MR) is 74.1 cm³/mol. The van der Waals surface area contributed by atoms with E-state index in [0.717, 1.165) is 18.8 Å². The molecule has 0 amide bonds. The molecule has 2 saturated heterocycles. The number of anilines is 1. The summed E-state index contributed by atoms with van der Waals surface area (Å²) in [5.74, 6) is 0. The van der Waals surface area contributed by atoms with Gasteiger partial charge in [-0.25, -0.2) is 0 Å². The minimum atomic E-state index is -3.04. The molecule has 0 saturated carbocycles. The number of para-hydroxylation sites is 1. The fraction of sp³-hybridized carbons (Fsp3) is 0.500. The summed E-state index contributed by atoms with van der Waals surface area (Å²) >= 11 is 0. The molecule has 1 aromatic rings. The van der Waals surface area contributed by atoms with E-state index in [2.05, 4.69) is 28.5 Å². The molecule has 0 unspecified atom stereocenters. The molecule has 2 heterocycles. The number of benzene rings is 1. The van der Waals surface area contributed by atoms with E-state index < -0.39 is 7.51 Å². The SMILES string of the molecule is CN1CCOP12(Nc1ccccc1)OCCN2C. The van der Waals surface area contributed by atoms with Gasteiger partial charge < -0.3 is 0 Å². The van der Waals surface area contributed by atoms with Crippen molar-refractivity contribution < 1.29 is 9.05 Å². The average Bonchev–Trinajstić information content (AvgIpc) is 2.86. The zero-order valence-corrected chi connectivity index (χ0v) is 11.8. The molecule has 100 valence electrons. The Kier molecular flexibility index (Phi) is 2.84. The molecular weight excluding hydrogens is 249 g/mol. The predicted octanol–water partition coefficient (Wildman–Crippen LogP) is 2.15. The van der Waals surface area contributed by atoms with Crippen LogP contribution in [0.15, 0.2) is 30.3 Å². The van der Waals surface area contributed by atoms with Crippen LogP contribution in [0.5, 0.6) is 0 Å². The molecule has 0 aromatic heterocycles. The van der Waals surface area contributed by atoms with Crippen LogP contribution < -0.4 is 5.09 Å². The van der Waals surface area contributed by atoms with Crippen LogP contribution in [0.1, 0.15) is 0 Å². The van der Waals surface area contributed by atoms with Crippen molar-refractivity contribution in [1.29, 1.82) is 0 Å². The average molecular weight is 269 g/mol. The van der Waals surface area contributed by atoms with E-state index >= 15 is 0 Å². The zero-order chi connectivity index (χ0) is 12.7. The van der Waals surface area contributed by atoms with Crippen LogP contribution in [0, 0.1) is 0 Å². The Balaban J connectivity index is 2.02. The molecular formula is C12H20N3O2P. The van der Waals surface area contributed by atoms with Gasteiger partial charge in [-0.2, -0.15) is 0 Å². The summed E-state index contributed by atoms with van der Waals surface area (Å²) < 4.78 is 16.8. The van der Waals surface area contributed by atoms with Gasteiger partial charge in [0.05, 0.1) is 0 Å². The van der Waals surface area contributed by atoms with Crippen molar-refractivity contribution in [3.05, 3.63) is 30.3 Å². The van der Waals surface area contributed by atoms with Crippen LogP contribution in [-0.4, -0.2) is 49.7 Å². The van der Waals surface area contributed by atoms with Crippen LogP contribution in [-0.2, 0) is 9.05 Å². The molecule has 3 rings (SSSR count). The Morgan fingerprint density at radius 1 is 1.00 bits per heavy atom. The van der Waals surface area contributed by atoms with Gasteiger partial charge in [0.1, 0.15) is 0 Å². The first-order chi connectivity index (χ1) is 8.66. The number of likely N-dealkylation sites (N-methyl/N-ethyl adjacent to an activating group) is 2. The van der Waals surface area contributed by atoms with Gasteiger partial charge >= 0.3 is 107 Å². The van der Waals surface area contributed by atoms with Gasteiger partial charge in [0.2, 0.25) is 0 Å². The monoisotopic (exact) mass is 269 g/mol. The molecule has 2 aliphatic rings. The maximum absolute atomic E-state index is 6.17. The molecule has 0 aliphatic carbocycles. The fourth-order valence-electron chi connectivity index (χ4n) is 2.69. The summed E-state index contributed by atoms with van der Waals surface area (Å²) in [5.41, 5.74) is 1.04. The third-order valence-corrected chi connectivity index (χ3v) is 8.52. The van der Waals surface area contributed by atoms with Crippen molar-refractivity contribution in [2.75, 3.05) is 45.5 Å². The molecule has 0 atom stereocenters. The summed E-state index contributed by atoms with van der Waals surface area (Å²) in [6.07, 6.45) is 0. The zero-order valence-electron chi connectivity index (χ0n) is 10.9. The Morgan fingerprint density at radius 2 is 1.56 bits per heavy atom. The summed E-state index contributed by atoms with van der Waals surface area (Å²) in [6, 6.07) is 10.1. The molecule has 2 fully saturated rings. The topological polar surface area (TPSA) is 37.0 Å². The van der Waals surface area contributed by atoms with E-state index in [1.807, 2.05) is 30.3 Å². The third-order valence-electron chi connectivity index (χ3n) is 3.78. The summed E-state index contributed by atoms with van der Waals surface area (Å²) in [5, 5.41) is 3.57. The van der Waals surface area contributed by atoms with Gasteiger partial charge in [0.15, 0.2) is 0 Å². The number of rotatable bonds is 2. The summed E-state index contributed by atoms with van der Waals surface area (Å²) in [6.45, 7) is 3.20. The van der Waals surface area contributed by atoms with Crippen molar-refractivity contribution in [1.82, 2.24) is 9.34 Å². The van der Waals surface area contributed by atoms with Gasteiger partial charge in [0, 0.05) is 0 Å². The van der Waals surface area contributed by atoms with Crippen molar-refractivity contribution in [2.45, 2.75) is 0 Å². The van der Waals surface area contributed by atoms with Crippen LogP contribution in [0.4, 0.5) is 5.69 Å². The number of nitrogens with one attached hydrogen (secondary N) is 1. The molecule has 1 aromatic carbocycles. The molecule has 6 heteroatoms. The van der Waals surface area contributed by atoms with E-state index in [1.165, 1.54) is 0 Å². The maximum atomic E-state index is 6.17. The quantitative estimate of drug-likeness (QED) is 0.833. The third kappa shape index (κ3) is 1.52. The van der Waals surface area contributed by atoms with E-state index in [-0.39, 0.29) is 0 Å². The Bertz CT molecular complexity index is 422. The standard InChI is InChI=1S/C12H20N3O2P/c1-14-8-10-16-18(14,15(2)9-11-17-18)13-12-6-4-3-5-7-12/h3-7,13H,8-11H2,1-2H3. The minimum absolute atomic E-state index is 0.707. The first-order valence-corrected chi connectivity index (χ1v) is 8.23. The Labute approximate surface area is 108 Å². The molecule has 2 aliphatic heterocycles.